The van der Waals surface area contributed by atoms with Crippen LogP contribution in [0, 0.1) is 11.6 Å². The Hall–Kier alpha value is -1.24. The number of rotatable bonds is 3. The van der Waals surface area contributed by atoms with Gasteiger partial charge in [-0.15, -0.1) is 12.4 Å². The first kappa shape index (κ1) is 16.8. The lowest BCUT2D eigenvalue weighted by molar-refractivity contribution is -0.117. The lowest BCUT2D eigenvalue weighted by atomic mass is 10.3. The number of benzene rings is 1. The van der Waals surface area contributed by atoms with Crippen LogP contribution in [0.2, 0.25) is 0 Å². The molecule has 0 unspecified atom stereocenters. The Bertz CT molecular complexity index is 431. The van der Waals surface area contributed by atoms with Crippen LogP contribution >= 0.6 is 12.4 Å². The van der Waals surface area contributed by atoms with Crippen molar-refractivity contribution in [2.75, 3.05) is 38.0 Å². The quantitative estimate of drug-likeness (QED) is 0.892. The highest BCUT2D eigenvalue weighted by Gasteiger charge is 2.13. The molecule has 0 aromatic heterocycles. The van der Waals surface area contributed by atoms with Crippen molar-refractivity contribution in [1.82, 2.24) is 10.2 Å². The SMILES string of the molecule is Cl.O=C(CN1CCCNCC1)Nc1cc(F)cc(F)c1. The number of anilines is 1. The summed E-state index contributed by atoms with van der Waals surface area (Å²) < 4.78 is 26.0. The predicted octanol–water partition coefficient (Wildman–Crippen LogP) is 1.62. The number of nitrogens with zero attached hydrogens (tertiary/aromatic N) is 1. The van der Waals surface area contributed by atoms with E-state index in [4.69, 9.17) is 0 Å². The molecule has 0 bridgehead atoms. The van der Waals surface area contributed by atoms with Crippen molar-refractivity contribution in [2.24, 2.45) is 0 Å². The Morgan fingerprint density at radius 3 is 2.60 bits per heavy atom. The first-order valence-electron chi connectivity index (χ1n) is 6.32. The highest BCUT2D eigenvalue weighted by Crippen LogP contribution is 2.12. The molecule has 7 heteroatoms. The minimum atomic E-state index is -0.700. The van der Waals surface area contributed by atoms with Crippen LogP contribution in [0.5, 0.6) is 0 Å². The monoisotopic (exact) mass is 305 g/mol. The Labute approximate surface area is 122 Å². The average molecular weight is 306 g/mol. The van der Waals surface area contributed by atoms with E-state index in [2.05, 4.69) is 10.6 Å². The van der Waals surface area contributed by atoms with E-state index in [0.717, 1.165) is 50.8 Å². The van der Waals surface area contributed by atoms with E-state index >= 15 is 0 Å². The first-order chi connectivity index (χ1) is 9.13. The molecule has 112 valence electrons. The van der Waals surface area contributed by atoms with Crippen molar-refractivity contribution >= 4 is 24.0 Å². The van der Waals surface area contributed by atoms with Crippen LogP contribution in [0.1, 0.15) is 6.42 Å². The fourth-order valence-corrected chi connectivity index (χ4v) is 2.09. The minimum absolute atomic E-state index is 0. The van der Waals surface area contributed by atoms with Gasteiger partial charge in [0, 0.05) is 24.8 Å². The standard InChI is InChI=1S/C13H17F2N3O.ClH/c14-10-6-11(15)8-12(7-10)17-13(19)9-18-4-1-2-16-3-5-18;/h6-8,16H,1-5,9H2,(H,17,19);1H. The van der Waals surface area contributed by atoms with Gasteiger partial charge in [0.15, 0.2) is 0 Å². The Morgan fingerprint density at radius 2 is 1.90 bits per heavy atom. The molecular formula is C13H18ClF2N3O. The smallest absolute Gasteiger partial charge is 0.238 e. The second-order valence-corrected chi connectivity index (χ2v) is 4.59. The number of amides is 1. The van der Waals surface area contributed by atoms with Gasteiger partial charge in [0.25, 0.3) is 0 Å². The molecule has 1 aromatic rings. The number of hydrogen-bond acceptors (Lipinski definition) is 3. The molecule has 1 aliphatic rings. The third-order valence-corrected chi connectivity index (χ3v) is 2.95. The van der Waals surface area contributed by atoms with Gasteiger partial charge in [0.05, 0.1) is 6.54 Å². The second-order valence-electron chi connectivity index (χ2n) is 4.59. The van der Waals surface area contributed by atoms with E-state index < -0.39 is 11.6 Å². The third-order valence-electron chi connectivity index (χ3n) is 2.95. The van der Waals surface area contributed by atoms with E-state index in [-0.39, 0.29) is 30.5 Å². The summed E-state index contributed by atoms with van der Waals surface area (Å²) in [5.41, 5.74) is 0.149. The zero-order valence-electron chi connectivity index (χ0n) is 11.0. The number of halogens is 3. The van der Waals surface area contributed by atoms with E-state index in [1.54, 1.807) is 0 Å². The average Bonchev–Trinajstić information content (AvgIpc) is 2.55. The zero-order chi connectivity index (χ0) is 13.7. The van der Waals surface area contributed by atoms with E-state index in [9.17, 15) is 13.6 Å². The van der Waals surface area contributed by atoms with Crippen molar-refractivity contribution in [3.8, 4) is 0 Å². The molecule has 1 aliphatic heterocycles. The van der Waals surface area contributed by atoms with Gasteiger partial charge in [-0.05, 0) is 31.6 Å². The maximum Gasteiger partial charge on any atom is 0.238 e. The van der Waals surface area contributed by atoms with Crippen LogP contribution in [0.15, 0.2) is 18.2 Å². The van der Waals surface area contributed by atoms with Crippen LogP contribution in [0.4, 0.5) is 14.5 Å². The van der Waals surface area contributed by atoms with Crippen molar-refractivity contribution in [1.29, 1.82) is 0 Å². The molecule has 4 nitrogen and oxygen atoms in total. The fourth-order valence-electron chi connectivity index (χ4n) is 2.09. The summed E-state index contributed by atoms with van der Waals surface area (Å²) in [4.78, 5) is 13.8. The van der Waals surface area contributed by atoms with Crippen molar-refractivity contribution in [2.45, 2.75) is 6.42 Å². The van der Waals surface area contributed by atoms with Gasteiger partial charge >= 0.3 is 0 Å². The second kappa shape index (κ2) is 8.14. The molecular weight excluding hydrogens is 288 g/mol. The molecule has 1 saturated heterocycles. The Morgan fingerprint density at radius 1 is 1.20 bits per heavy atom. The van der Waals surface area contributed by atoms with Crippen molar-refractivity contribution in [3.05, 3.63) is 29.8 Å². The molecule has 2 rings (SSSR count). The summed E-state index contributed by atoms with van der Waals surface area (Å²) in [5.74, 6) is -1.66. The van der Waals surface area contributed by atoms with E-state index in [1.165, 1.54) is 0 Å². The molecule has 0 spiro atoms. The number of nitrogens with one attached hydrogen (secondary N) is 2. The molecule has 0 atom stereocenters. The van der Waals surface area contributed by atoms with Gasteiger partial charge < -0.3 is 10.6 Å². The summed E-state index contributed by atoms with van der Waals surface area (Å²) in [7, 11) is 0. The molecule has 1 aromatic carbocycles. The molecule has 1 amide bonds. The van der Waals surface area contributed by atoms with Crippen LogP contribution in [-0.4, -0.2) is 43.5 Å². The summed E-state index contributed by atoms with van der Waals surface area (Å²) in [5, 5.41) is 5.75. The summed E-state index contributed by atoms with van der Waals surface area (Å²) >= 11 is 0. The minimum Gasteiger partial charge on any atom is -0.325 e. The maximum absolute atomic E-state index is 13.0. The largest absolute Gasteiger partial charge is 0.325 e. The van der Waals surface area contributed by atoms with Crippen molar-refractivity contribution < 1.29 is 13.6 Å². The maximum atomic E-state index is 13.0. The molecule has 0 aliphatic carbocycles. The lowest BCUT2D eigenvalue weighted by Gasteiger charge is -2.18. The Kier molecular flexibility index (Phi) is 6.84. The molecule has 0 saturated carbocycles. The molecule has 1 fully saturated rings. The topological polar surface area (TPSA) is 44.4 Å². The molecule has 2 N–H and O–H groups in total. The number of carbonyl (C=O) groups is 1. The molecule has 0 radical (unpaired) electrons. The fraction of sp³-hybridized carbons (Fsp3) is 0.462. The van der Waals surface area contributed by atoms with Gasteiger partial charge in [-0.25, -0.2) is 8.78 Å². The van der Waals surface area contributed by atoms with Gasteiger partial charge in [-0.1, -0.05) is 0 Å². The highest BCUT2D eigenvalue weighted by atomic mass is 35.5. The highest BCUT2D eigenvalue weighted by molar-refractivity contribution is 5.92. The normalized spacial score (nSPS) is 16.1. The first-order valence-corrected chi connectivity index (χ1v) is 6.32. The summed E-state index contributed by atoms with van der Waals surface area (Å²) in [6.07, 6.45) is 0.988. The lowest BCUT2D eigenvalue weighted by Crippen LogP contribution is -2.35. The molecule has 20 heavy (non-hydrogen) atoms. The number of hydrogen-bond donors (Lipinski definition) is 2. The van der Waals surface area contributed by atoms with Crippen LogP contribution < -0.4 is 10.6 Å². The zero-order valence-corrected chi connectivity index (χ0v) is 11.8. The van der Waals surface area contributed by atoms with Crippen LogP contribution in [0.25, 0.3) is 0 Å². The number of carbonyl (C=O) groups excluding carboxylic acids is 1. The van der Waals surface area contributed by atoms with E-state index in [1.807, 2.05) is 4.90 Å². The molecule has 1 heterocycles. The Balaban J connectivity index is 0.00000200. The predicted molar refractivity (Wildman–Crippen MR) is 76.2 cm³/mol. The van der Waals surface area contributed by atoms with Gasteiger partial charge in [0.1, 0.15) is 11.6 Å². The van der Waals surface area contributed by atoms with Gasteiger partial charge in [-0.3, -0.25) is 9.69 Å². The van der Waals surface area contributed by atoms with E-state index in [0.29, 0.717) is 0 Å². The van der Waals surface area contributed by atoms with Gasteiger partial charge in [0.2, 0.25) is 5.91 Å². The van der Waals surface area contributed by atoms with Crippen LogP contribution in [-0.2, 0) is 4.79 Å². The summed E-state index contributed by atoms with van der Waals surface area (Å²) in [6, 6.07) is 2.98. The van der Waals surface area contributed by atoms with Crippen LogP contribution in [0.3, 0.4) is 0 Å². The summed E-state index contributed by atoms with van der Waals surface area (Å²) in [6.45, 7) is 3.68. The third kappa shape index (κ3) is 5.40. The van der Waals surface area contributed by atoms with Gasteiger partial charge in [-0.2, -0.15) is 0 Å². The van der Waals surface area contributed by atoms with Crippen molar-refractivity contribution in [3.63, 3.8) is 0 Å².